The second-order valence-electron chi connectivity index (χ2n) is 19.5. The van der Waals surface area contributed by atoms with Gasteiger partial charge in [0.25, 0.3) is 0 Å². The van der Waals surface area contributed by atoms with Crippen molar-refractivity contribution >= 4 is 51.5 Å². The molecule has 2 amide bonds. The van der Waals surface area contributed by atoms with Gasteiger partial charge < -0.3 is 43.0 Å². The van der Waals surface area contributed by atoms with Crippen LogP contribution in [0.1, 0.15) is 145 Å². The molecule has 9 atom stereocenters. The summed E-state index contributed by atoms with van der Waals surface area (Å²) in [6, 6.07) is -1.61. The van der Waals surface area contributed by atoms with Crippen LogP contribution in [0.5, 0.6) is 0 Å². The van der Waals surface area contributed by atoms with Gasteiger partial charge in [0, 0.05) is 31.0 Å². The van der Waals surface area contributed by atoms with E-state index in [0.29, 0.717) is 49.4 Å². The van der Waals surface area contributed by atoms with Gasteiger partial charge in [0.05, 0.1) is 0 Å². The third kappa shape index (κ3) is 14.4. The van der Waals surface area contributed by atoms with Gasteiger partial charge in [-0.15, -0.1) is 0 Å². The molecular formula is C44H78N8O5S2. The molecule has 0 spiro atoms. The van der Waals surface area contributed by atoms with Crippen LogP contribution in [-0.2, 0) is 19.1 Å². The summed E-state index contributed by atoms with van der Waals surface area (Å²) < 4.78 is 11.7. The number of nitrogens with two attached hydrogens (primary N) is 4. The van der Waals surface area contributed by atoms with Crippen molar-refractivity contribution in [2.75, 3.05) is 24.6 Å². The molecule has 3 fully saturated rings. The molecule has 13 nitrogen and oxygen atoms in total. The zero-order valence-corrected chi connectivity index (χ0v) is 38.8. The monoisotopic (exact) mass is 863 g/mol. The summed E-state index contributed by atoms with van der Waals surface area (Å²) in [5, 5.41) is 5.67. The Morgan fingerprint density at radius 2 is 1.68 bits per heavy atom. The van der Waals surface area contributed by atoms with E-state index in [1.807, 2.05) is 0 Å². The van der Waals surface area contributed by atoms with E-state index in [0.717, 1.165) is 49.4 Å². The lowest BCUT2D eigenvalue weighted by Crippen LogP contribution is -2.51. The fourth-order valence-electron chi connectivity index (χ4n) is 10.7. The molecule has 0 aromatic carbocycles. The highest BCUT2D eigenvalue weighted by atomic mass is 33.1. The summed E-state index contributed by atoms with van der Waals surface area (Å²) in [7, 11) is 2.92. The van der Waals surface area contributed by atoms with E-state index in [4.69, 9.17) is 32.4 Å². The molecule has 0 radical (unpaired) electrons. The smallest absolute Gasteiger partial charge is 0.408 e. The Hall–Kier alpha value is -2.81. The van der Waals surface area contributed by atoms with E-state index in [1.54, 1.807) is 20.8 Å². The minimum atomic E-state index is -0.892. The van der Waals surface area contributed by atoms with E-state index >= 15 is 0 Å². The number of guanidine groups is 2. The number of hydrogen-bond acceptors (Lipinski definition) is 9. The maximum atomic E-state index is 13.8. The average Bonchev–Trinajstić information content (AvgIpc) is 3.48. The molecule has 9 unspecified atom stereocenters. The number of nitrogens with zero attached hydrogens (tertiary/aromatic N) is 2. The van der Waals surface area contributed by atoms with Crippen LogP contribution in [-0.4, -0.2) is 78.3 Å². The van der Waals surface area contributed by atoms with Crippen molar-refractivity contribution in [3.63, 3.8) is 0 Å². The van der Waals surface area contributed by atoms with Crippen molar-refractivity contribution in [2.24, 2.45) is 73.3 Å². The predicted octanol–water partition coefficient (Wildman–Crippen LogP) is 7.17. The number of alkyl carbamates (subject to hydrolysis) is 1. The zero-order chi connectivity index (χ0) is 43.4. The SMILES string of the molecule is CC(C)CCCCC1CCC2C3CC=C4CC(OC(=O)C(CSSCCNC(=O)C(CCCCN=C(N)N)N=C(N)N)NC(=O)OC(C)(C)C)CCC4(C)C3CCC12C. The first kappa shape index (κ1) is 48.9. The van der Waals surface area contributed by atoms with E-state index < -0.39 is 29.7 Å². The maximum Gasteiger partial charge on any atom is 0.408 e. The second kappa shape index (κ2) is 22.3. The average molecular weight is 863 g/mol. The molecule has 0 aromatic heterocycles. The molecule has 0 heterocycles. The molecule has 15 heteroatoms. The van der Waals surface area contributed by atoms with Crippen LogP contribution in [0.2, 0.25) is 0 Å². The first-order chi connectivity index (χ1) is 27.8. The number of fused-ring (bicyclic) bond motifs is 5. The number of unbranched alkanes of at least 4 members (excludes halogenated alkanes) is 2. The minimum absolute atomic E-state index is 0.0282. The van der Waals surface area contributed by atoms with Crippen molar-refractivity contribution in [1.82, 2.24) is 10.6 Å². The van der Waals surface area contributed by atoms with Gasteiger partial charge in [0.15, 0.2) is 11.9 Å². The van der Waals surface area contributed by atoms with Crippen LogP contribution in [0.3, 0.4) is 0 Å². The van der Waals surface area contributed by atoms with Crippen LogP contribution in [0.15, 0.2) is 21.6 Å². The number of allylic oxidation sites excluding steroid dienone is 1. The fraction of sp³-hybridized carbons (Fsp3) is 0.841. The Kier molecular flexibility index (Phi) is 18.5. The van der Waals surface area contributed by atoms with Gasteiger partial charge in [0.2, 0.25) is 5.91 Å². The predicted molar refractivity (Wildman–Crippen MR) is 244 cm³/mol. The van der Waals surface area contributed by atoms with Gasteiger partial charge >= 0.3 is 12.1 Å². The molecule has 59 heavy (non-hydrogen) atoms. The summed E-state index contributed by atoms with van der Waals surface area (Å²) in [5.41, 5.74) is 23.3. The number of hydrogen-bond donors (Lipinski definition) is 6. The highest BCUT2D eigenvalue weighted by Crippen LogP contribution is 2.67. The van der Waals surface area contributed by atoms with Crippen LogP contribution in [0.4, 0.5) is 4.79 Å². The van der Waals surface area contributed by atoms with Crippen molar-refractivity contribution < 1.29 is 23.9 Å². The molecule has 4 aliphatic rings. The standard InChI is InChI=1S/C44H78N8O5S2/c1-28(2)12-8-9-13-29-16-18-33-32-17-15-30-26-31(19-21-44(30,7)34(32)20-22-43(29,33)6)56-38(54)36(52-41(55)57-42(3,4)5)27-59-58-25-24-49-37(53)35(51-40(47)48)14-10-11-23-50-39(45)46/h15,28-29,31-36H,8-14,16-27H2,1-7H3,(H,49,53)(H,52,55)(H4,45,46,50)(H4,47,48,51). The number of carbonyl (C=O) groups excluding carboxylic acids is 3. The van der Waals surface area contributed by atoms with Crippen molar-refractivity contribution in [3.8, 4) is 0 Å². The number of aliphatic imine (C=N–C) groups is 2. The number of amides is 2. The molecule has 4 aliphatic carbocycles. The molecule has 3 saturated carbocycles. The highest BCUT2D eigenvalue weighted by molar-refractivity contribution is 8.76. The van der Waals surface area contributed by atoms with Gasteiger partial charge in [-0.25, -0.2) is 14.6 Å². The Morgan fingerprint density at radius 1 is 0.932 bits per heavy atom. The molecule has 4 rings (SSSR count). The quantitative estimate of drug-likeness (QED) is 0.0170. The van der Waals surface area contributed by atoms with Gasteiger partial charge in [-0.2, -0.15) is 0 Å². The Morgan fingerprint density at radius 3 is 2.37 bits per heavy atom. The van der Waals surface area contributed by atoms with Crippen LogP contribution in [0.25, 0.3) is 0 Å². The Bertz CT molecular complexity index is 1500. The summed E-state index contributed by atoms with van der Waals surface area (Å²) in [4.78, 5) is 47.6. The summed E-state index contributed by atoms with van der Waals surface area (Å²) in [5.74, 6) is 3.90. The van der Waals surface area contributed by atoms with Gasteiger partial charge in [-0.05, 0) is 132 Å². The topological polar surface area (TPSA) is 223 Å². The third-order valence-electron chi connectivity index (χ3n) is 13.7. The molecule has 10 N–H and O–H groups in total. The highest BCUT2D eigenvalue weighted by Gasteiger charge is 2.58. The summed E-state index contributed by atoms with van der Waals surface area (Å²) in [6.07, 6.45) is 18.1. The minimum Gasteiger partial charge on any atom is -0.460 e. The largest absolute Gasteiger partial charge is 0.460 e. The summed E-state index contributed by atoms with van der Waals surface area (Å²) >= 11 is 0. The lowest BCUT2D eigenvalue weighted by Gasteiger charge is -2.58. The molecule has 336 valence electrons. The van der Waals surface area contributed by atoms with Crippen LogP contribution >= 0.6 is 21.6 Å². The number of esters is 1. The van der Waals surface area contributed by atoms with E-state index in [1.165, 1.54) is 78.5 Å². The molecule has 0 aliphatic heterocycles. The number of rotatable bonds is 21. The van der Waals surface area contributed by atoms with E-state index in [-0.39, 0.29) is 35.1 Å². The lowest BCUT2D eigenvalue weighted by molar-refractivity contribution is -0.153. The second-order valence-corrected chi connectivity index (χ2v) is 22.2. The number of ether oxygens (including phenoxy) is 2. The Balaban J connectivity index is 1.29. The molecular weight excluding hydrogens is 785 g/mol. The van der Waals surface area contributed by atoms with Gasteiger partial charge in [-0.1, -0.05) is 80.2 Å². The van der Waals surface area contributed by atoms with Gasteiger partial charge in [-0.3, -0.25) is 9.79 Å². The van der Waals surface area contributed by atoms with Crippen molar-refractivity contribution in [3.05, 3.63) is 11.6 Å². The first-order valence-corrected chi connectivity index (χ1v) is 24.9. The molecule has 0 saturated heterocycles. The normalized spacial score (nSPS) is 28.5. The van der Waals surface area contributed by atoms with Crippen molar-refractivity contribution in [1.29, 1.82) is 0 Å². The van der Waals surface area contributed by atoms with E-state index in [9.17, 15) is 14.4 Å². The lowest BCUT2D eigenvalue weighted by atomic mass is 9.47. The van der Waals surface area contributed by atoms with Crippen LogP contribution in [0, 0.1) is 40.4 Å². The zero-order valence-electron chi connectivity index (χ0n) is 37.2. The maximum absolute atomic E-state index is 13.8. The first-order valence-electron chi connectivity index (χ1n) is 22.4. The summed E-state index contributed by atoms with van der Waals surface area (Å²) in [6.45, 7) is 16.0. The fourth-order valence-corrected chi connectivity index (χ4v) is 12.8. The van der Waals surface area contributed by atoms with Gasteiger partial charge in [0.1, 0.15) is 23.8 Å². The van der Waals surface area contributed by atoms with Crippen molar-refractivity contribution in [2.45, 2.75) is 169 Å². The number of nitrogens with one attached hydrogen (secondary N) is 2. The molecule has 0 aromatic rings. The third-order valence-corrected chi connectivity index (χ3v) is 16.1. The van der Waals surface area contributed by atoms with Crippen LogP contribution < -0.4 is 33.6 Å². The molecule has 0 bridgehead atoms. The van der Waals surface area contributed by atoms with E-state index in [2.05, 4.69) is 54.4 Å². The Labute approximate surface area is 362 Å². The number of carbonyl (C=O) groups is 3.